The Hall–Kier alpha value is -2.36. The molecule has 2 saturated carbocycles. The largest absolute Gasteiger partial charge is 0.481 e. The van der Waals surface area contributed by atoms with E-state index < -0.39 is 5.97 Å². The molecule has 0 aromatic carbocycles. The van der Waals surface area contributed by atoms with E-state index >= 15 is 0 Å². The van der Waals surface area contributed by atoms with Crippen LogP contribution in [0.15, 0.2) is 59.4 Å². The third kappa shape index (κ3) is 3.48. The van der Waals surface area contributed by atoms with Crippen LogP contribution >= 0.6 is 0 Å². The van der Waals surface area contributed by atoms with Crippen molar-refractivity contribution < 1.29 is 19.4 Å². The number of carboxylic acid groups (broad SMARTS) is 1. The number of rotatable bonds is 6. The van der Waals surface area contributed by atoms with Crippen molar-refractivity contribution in [1.29, 1.82) is 0 Å². The minimum absolute atomic E-state index is 0.0435. The fourth-order valence-electron chi connectivity index (χ4n) is 8.06. The molecule has 4 nitrogen and oxygen atoms in total. The van der Waals surface area contributed by atoms with Gasteiger partial charge in [0.05, 0.1) is 0 Å². The first-order valence-corrected chi connectivity index (χ1v) is 12.7. The molecular weight excluding hydrogens is 424 g/mol. The fourth-order valence-corrected chi connectivity index (χ4v) is 8.06. The predicted octanol–water partition coefficient (Wildman–Crippen LogP) is 7.16. The minimum atomic E-state index is -0.727. The Kier molecular flexibility index (Phi) is 6.11. The molecule has 4 rings (SSSR count). The van der Waals surface area contributed by atoms with Gasteiger partial charge in [-0.3, -0.25) is 4.79 Å². The van der Waals surface area contributed by atoms with E-state index in [1.807, 2.05) is 6.08 Å². The quantitative estimate of drug-likeness (QED) is 0.335. The van der Waals surface area contributed by atoms with E-state index in [0.717, 1.165) is 37.7 Å². The molecule has 1 heterocycles. The Bertz CT molecular complexity index is 1040. The Morgan fingerprint density at radius 2 is 2.06 bits per heavy atom. The highest BCUT2D eigenvalue weighted by Crippen LogP contribution is 2.73. The average molecular weight is 465 g/mol. The molecule has 1 aliphatic heterocycles. The van der Waals surface area contributed by atoms with E-state index in [1.165, 1.54) is 11.1 Å². The lowest BCUT2D eigenvalue weighted by Gasteiger charge is -2.52. The number of carboxylic acids is 1. The van der Waals surface area contributed by atoms with Gasteiger partial charge in [-0.2, -0.15) is 0 Å². The summed E-state index contributed by atoms with van der Waals surface area (Å²) < 4.78 is 5.49. The zero-order valence-corrected chi connectivity index (χ0v) is 21.5. The van der Waals surface area contributed by atoms with Crippen molar-refractivity contribution in [2.24, 2.45) is 34.0 Å². The molecular formula is C30H40O4. The Balaban J connectivity index is 1.75. The van der Waals surface area contributed by atoms with Crippen LogP contribution in [0, 0.1) is 34.0 Å². The van der Waals surface area contributed by atoms with Gasteiger partial charge < -0.3 is 9.84 Å². The van der Waals surface area contributed by atoms with Crippen LogP contribution in [0.4, 0.5) is 0 Å². The molecule has 1 unspecified atom stereocenters. The van der Waals surface area contributed by atoms with Gasteiger partial charge in [0.15, 0.2) is 0 Å². The van der Waals surface area contributed by atoms with Gasteiger partial charge in [-0.05, 0) is 93.1 Å². The van der Waals surface area contributed by atoms with Crippen LogP contribution in [-0.2, 0) is 14.3 Å². The van der Waals surface area contributed by atoms with Crippen molar-refractivity contribution in [3.05, 3.63) is 59.4 Å². The van der Waals surface area contributed by atoms with E-state index in [9.17, 15) is 14.7 Å². The summed E-state index contributed by atoms with van der Waals surface area (Å²) in [5.74, 6) is 0.496. The number of ether oxygens (including phenoxy) is 1. The molecule has 1 N–H and O–H groups in total. The van der Waals surface area contributed by atoms with Crippen LogP contribution in [0.3, 0.4) is 0 Å². The lowest BCUT2D eigenvalue weighted by atomic mass is 9.51. The second-order valence-corrected chi connectivity index (χ2v) is 11.8. The molecule has 0 radical (unpaired) electrons. The van der Waals surface area contributed by atoms with Crippen molar-refractivity contribution in [2.75, 3.05) is 0 Å². The predicted molar refractivity (Wildman–Crippen MR) is 135 cm³/mol. The molecule has 34 heavy (non-hydrogen) atoms. The van der Waals surface area contributed by atoms with Crippen LogP contribution < -0.4 is 0 Å². The van der Waals surface area contributed by atoms with Crippen molar-refractivity contribution in [2.45, 2.75) is 79.6 Å². The summed E-state index contributed by atoms with van der Waals surface area (Å²) in [6, 6.07) is 0. The van der Waals surface area contributed by atoms with Crippen LogP contribution in [0.5, 0.6) is 0 Å². The summed E-state index contributed by atoms with van der Waals surface area (Å²) in [6.45, 7) is 19.7. The van der Waals surface area contributed by atoms with Crippen LogP contribution in [0.2, 0.25) is 0 Å². The maximum absolute atomic E-state index is 11.9. The summed E-state index contributed by atoms with van der Waals surface area (Å²) in [4.78, 5) is 23.5. The van der Waals surface area contributed by atoms with Gasteiger partial charge in [0.1, 0.15) is 5.76 Å². The van der Waals surface area contributed by atoms with Crippen LogP contribution in [-0.4, -0.2) is 17.0 Å². The van der Waals surface area contributed by atoms with Gasteiger partial charge >= 0.3 is 11.9 Å². The molecule has 0 aromatic rings. The second-order valence-electron chi connectivity index (χ2n) is 11.8. The topological polar surface area (TPSA) is 63.6 Å². The Morgan fingerprint density at radius 3 is 2.65 bits per heavy atom. The van der Waals surface area contributed by atoms with Crippen LogP contribution in [0.25, 0.3) is 0 Å². The average Bonchev–Trinajstić information content (AvgIpc) is 3.39. The number of cyclic esters (lactones) is 1. The van der Waals surface area contributed by atoms with E-state index in [2.05, 4.69) is 53.0 Å². The van der Waals surface area contributed by atoms with Crippen molar-refractivity contribution >= 4 is 11.9 Å². The van der Waals surface area contributed by atoms with Gasteiger partial charge in [0.2, 0.25) is 0 Å². The summed E-state index contributed by atoms with van der Waals surface area (Å²) >= 11 is 0. The van der Waals surface area contributed by atoms with Crippen molar-refractivity contribution in [3.8, 4) is 0 Å². The molecule has 0 saturated heterocycles. The molecule has 0 amide bonds. The van der Waals surface area contributed by atoms with Gasteiger partial charge in [0.25, 0.3) is 0 Å². The third-order valence-corrected chi connectivity index (χ3v) is 10.1. The Morgan fingerprint density at radius 1 is 1.35 bits per heavy atom. The zero-order chi connectivity index (χ0) is 25.1. The van der Waals surface area contributed by atoms with Gasteiger partial charge in [0, 0.05) is 17.4 Å². The smallest absolute Gasteiger partial charge is 0.339 e. The van der Waals surface area contributed by atoms with Crippen LogP contribution in [0.1, 0.15) is 79.6 Å². The number of allylic oxidation sites excluding steroid dienone is 6. The number of hydrogen-bond acceptors (Lipinski definition) is 3. The van der Waals surface area contributed by atoms with E-state index in [1.54, 1.807) is 6.92 Å². The third-order valence-electron chi connectivity index (χ3n) is 10.1. The first-order valence-electron chi connectivity index (χ1n) is 12.7. The monoisotopic (exact) mass is 464 g/mol. The van der Waals surface area contributed by atoms with Crippen molar-refractivity contribution in [3.63, 3.8) is 0 Å². The highest BCUT2D eigenvalue weighted by atomic mass is 16.5. The molecule has 4 heteroatoms. The highest BCUT2D eigenvalue weighted by Gasteiger charge is 2.64. The van der Waals surface area contributed by atoms with Gasteiger partial charge in [-0.25, -0.2) is 4.79 Å². The Labute approximate surface area is 204 Å². The molecule has 4 aliphatic rings. The summed E-state index contributed by atoms with van der Waals surface area (Å²) in [7, 11) is 0. The van der Waals surface area contributed by atoms with E-state index in [-0.39, 0.29) is 34.6 Å². The maximum Gasteiger partial charge on any atom is 0.339 e. The van der Waals surface area contributed by atoms with E-state index in [4.69, 9.17) is 4.74 Å². The zero-order valence-electron chi connectivity index (χ0n) is 21.5. The number of esters is 1. The molecule has 184 valence electrons. The molecule has 0 bridgehead atoms. The summed E-state index contributed by atoms with van der Waals surface area (Å²) in [5, 5.41) is 9.50. The standard InChI is InChI=1S/C30H40O4/c1-18(2)23-8-9-25-24(28(23,6)13-12-26(31)32)11-15-30(25)20(4)10-14-29(30,7)21(5)17-22-16-19(3)27(33)34-22/h9,16-17,21,23-24H,1,4,8,10-15H2,2-3,5-7H3,(H,31,32)/b22-17-/t21-,23+,24?,28+,29+,30+/m1/s1. The second kappa shape index (κ2) is 8.39. The number of carbonyl (C=O) groups excluding carboxylic acids is 1. The highest BCUT2D eigenvalue weighted by molar-refractivity contribution is 5.92. The molecule has 0 aromatic heterocycles. The normalized spacial score (nSPS) is 39.1. The fraction of sp³-hybridized carbons (Fsp3) is 0.600. The number of carbonyl (C=O) groups is 2. The number of hydrogen-bond donors (Lipinski definition) is 1. The minimum Gasteiger partial charge on any atom is -0.481 e. The molecule has 2 fully saturated rings. The van der Waals surface area contributed by atoms with Crippen molar-refractivity contribution in [1.82, 2.24) is 0 Å². The summed E-state index contributed by atoms with van der Waals surface area (Å²) in [5.41, 5.74) is 4.34. The molecule has 3 aliphatic carbocycles. The van der Waals surface area contributed by atoms with E-state index in [0.29, 0.717) is 29.6 Å². The van der Waals surface area contributed by atoms with Gasteiger partial charge in [-0.15, -0.1) is 0 Å². The SMILES string of the molecule is C=C(C)[C@@H]1CC=C2C(CC[C@]23C(=C)CC[C@@]3(C)[C@H](C)/C=C2/C=C(C)C(=O)O2)[C@@]1(C)CCC(=O)O. The number of aliphatic carboxylic acids is 1. The first-order chi connectivity index (χ1) is 15.9. The first kappa shape index (κ1) is 24.8. The van der Waals surface area contributed by atoms with Gasteiger partial charge in [-0.1, -0.05) is 56.7 Å². The molecule has 6 atom stereocenters. The summed E-state index contributed by atoms with van der Waals surface area (Å²) in [6.07, 6.45) is 12.4. The maximum atomic E-state index is 11.9. The number of fused-ring (bicyclic) bond motifs is 2. The lowest BCUT2D eigenvalue weighted by molar-refractivity contribution is -0.138. The lowest BCUT2D eigenvalue weighted by Crippen LogP contribution is -2.45. The molecule has 1 spiro atoms.